The van der Waals surface area contributed by atoms with Crippen molar-refractivity contribution in [3.05, 3.63) is 70.8 Å². The van der Waals surface area contributed by atoms with E-state index in [9.17, 15) is 4.79 Å². The smallest absolute Gasteiger partial charge is 0.315 e. The molecule has 1 fully saturated rings. The highest BCUT2D eigenvalue weighted by molar-refractivity contribution is 5.74. The molecule has 138 valence electrons. The maximum absolute atomic E-state index is 11.8. The number of nitrogens with one attached hydrogen (secondary N) is 3. The average molecular weight is 351 g/mol. The van der Waals surface area contributed by atoms with Crippen LogP contribution in [0.4, 0.5) is 4.79 Å². The largest absolute Gasteiger partial charge is 0.338 e. The van der Waals surface area contributed by atoms with E-state index >= 15 is 0 Å². The molecule has 4 heteroatoms. The Hall–Kier alpha value is -2.33. The third-order valence-corrected chi connectivity index (χ3v) is 5.11. The van der Waals surface area contributed by atoms with Gasteiger partial charge < -0.3 is 16.0 Å². The fourth-order valence-electron chi connectivity index (χ4n) is 3.73. The molecule has 3 N–H and O–H groups in total. The highest BCUT2D eigenvalue weighted by atomic mass is 16.2. The number of benzene rings is 2. The van der Waals surface area contributed by atoms with Crippen LogP contribution >= 0.6 is 0 Å². The fraction of sp³-hybridized carbons (Fsp3) is 0.409. The Labute approximate surface area is 156 Å². The van der Waals surface area contributed by atoms with Crippen LogP contribution in [-0.2, 0) is 0 Å². The minimum Gasteiger partial charge on any atom is -0.338 e. The van der Waals surface area contributed by atoms with Gasteiger partial charge in [0.15, 0.2) is 0 Å². The Morgan fingerprint density at radius 3 is 2.08 bits per heavy atom. The topological polar surface area (TPSA) is 53.2 Å². The number of aryl methyl sites for hydroxylation is 2. The van der Waals surface area contributed by atoms with E-state index in [0.717, 1.165) is 13.0 Å². The maximum Gasteiger partial charge on any atom is 0.315 e. The summed E-state index contributed by atoms with van der Waals surface area (Å²) in [5, 5.41) is 9.53. The first kappa shape index (κ1) is 18.5. The zero-order chi connectivity index (χ0) is 18.5. The minimum atomic E-state index is -0.0813. The SMILES string of the molecule is CCNC(=O)N[C@H]1CNC(C(c2ccc(C)cc2)c2ccc(C)cc2)C1. The van der Waals surface area contributed by atoms with Crippen LogP contribution in [0, 0.1) is 13.8 Å². The molecule has 0 spiro atoms. The van der Waals surface area contributed by atoms with E-state index in [1.165, 1.54) is 22.3 Å². The van der Waals surface area contributed by atoms with Gasteiger partial charge in [0.2, 0.25) is 0 Å². The van der Waals surface area contributed by atoms with Crippen molar-refractivity contribution in [3.63, 3.8) is 0 Å². The summed E-state index contributed by atoms with van der Waals surface area (Å²) in [7, 11) is 0. The molecule has 1 heterocycles. The zero-order valence-electron chi connectivity index (χ0n) is 15.9. The van der Waals surface area contributed by atoms with Crippen LogP contribution in [0.2, 0.25) is 0 Å². The number of carbonyl (C=O) groups is 1. The van der Waals surface area contributed by atoms with E-state index < -0.39 is 0 Å². The Morgan fingerprint density at radius 2 is 1.58 bits per heavy atom. The van der Waals surface area contributed by atoms with Crippen molar-refractivity contribution in [1.29, 1.82) is 0 Å². The number of amides is 2. The Bertz CT molecular complexity index is 679. The van der Waals surface area contributed by atoms with Crippen molar-refractivity contribution >= 4 is 6.03 Å². The second kappa shape index (κ2) is 8.37. The van der Waals surface area contributed by atoms with E-state index in [0.29, 0.717) is 12.6 Å². The van der Waals surface area contributed by atoms with Crippen LogP contribution in [0.25, 0.3) is 0 Å². The van der Waals surface area contributed by atoms with Crippen molar-refractivity contribution < 1.29 is 4.79 Å². The van der Waals surface area contributed by atoms with Gasteiger partial charge in [-0.25, -0.2) is 4.79 Å². The molecule has 2 amide bonds. The van der Waals surface area contributed by atoms with Crippen molar-refractivity contribution in [2.75, 3.05) is 13.1 Å². The summed E-state index contributed by atoms with van der Waals surface area (Å²) in [4.78, 5) is 11.8. The fourth-order valence-corrected chi connectivity index (χ4v) is 3.73. The standard InChI is InChI=1S/C22H29N3O/c1-4-23-22(26)25-19-13-20(24-14-19)21(17-9-5-15(2)6-10-17)18-11-7-16(3)8-12-18/h5-12,19-21,24H,4,13-14H2,1-3H3,(H2,23,25,26)/t19-,20?/m1/s1. The third-order valence-electron chi connectivity index (χ3n) is 5.11. The number of hydrogen-bond donors (Lipinski definition) is 3. The van der Waals surface area contributed by atoms with E-state index in [1.54, 1.807) is 0 Å². The van der Waals surface area contributed by atoms with Crippen LogP contribution in [0.5, 0.6) is 0 Å². The Morgan fingerprint density at radius 1 is 1.04 bits per heavy atom. The molecule has 3 rings (SSSR count). The van der Waals surface area contributed by atoms with Gasteiger partial charge in [0.1, 0.15) is 0 Å². The normalized spacial score (nSPS) is 19.5. The molecule has 0 aromatic heterocycles. The van der Waals surface area contributed by atoms with E-state index in [4.69, 9.17) is 0 Å². The van der Waals surface area contributed by atoms with E-state index in [1.807, 2.05) is 6.92 Å². The first-order valence-electron chi connectivity index (χ1n) is 9.47. The summed E-state index contributed by atoms with van der Waals surface area (Å²) in [6.45, 7) is 7.61. The molecule has 1 saturated heterocycles. The lowest BCUT2D eigenvalue weighted by atomic mass is 9.83. The monoisotopic (exact) mass is 351 g/mol. The Kier molecular flexibility index (Phi) is 5.94. The molecule has 2 aromatic carbocycles. The Balaban J connectivity index is 1.81. The number of urea groups is 1. The molecule has 4 nitrogen and oxygen atoms in total. The highest BCUT2D eigenvalue weighted by Crippen LogP contribution is 2.32. The van der Waals surface area contributed by atoms with Gasteiger partial charge >= 0.3 is 6.03 Å². The minimum absolute atomic E-state index is 0.0813. The number of hydrogen-bond acceptors (Lipinski definition) is 2. The molecule has 2 atom stereocenters. The summed E-state index contributed by atoms with van der Waals surface area (Å²) in [6.07, 6.45) is 0.920. The maximum atomic E-state index is 11.8. The zero-order valence-corrected chi connectivity index (χ0v) is 15.9. The lowest BCUT2D eigenvalue weighted by molar-refractivity contribution is 0.238. The third kappa shape index (κ3) is 4.44. The summed E-state index contributed by atoms with van der Waals surface area (Å²) in [6, 6.07) is 18.0. The van der Waals surface area contributed by atoms with Crippen LogP contribution in [0.3, 0.4) is 0 Å². The average Bonchev–Trinajstić information content (AvgIpc) is 3.06. The van der Waals surface area contributed by atoms with Crippen molar-refractivity contribution in [1.82, 2.24) is 16.0 Å². The van der Waals surface area contributed by atoms with Gasteiger partial charge in [-0.1, -0.05) is 59.7 Å². The van der Waals surface area contributed by atoms with Crippen LogP contribution in [-0.4, -0.2) is 31.2 Å². The van der Waals surface area contributed by atoms with Crippen molar-refractivity contribution in [3.8, 4) is 0 Å². The van der Waals surface area contributed by atoms with Crippen LogP contribution in [0.15, 0.2) is 48.5 Å². The molecule has 1 unspecified atom stereocenters. The lowest BCUT2D eigenvalue weighted by Crippen LogP contribution is -2.42. The second-order valence-electron chi connectivity index (χ2n) is 7.25. The molecule has 0 bridgehead atoms. The first-order chi connectivity index (χ1) is 12.6. The summed E-state index contributed by atoms with van der Waals surface area (Å²) >= 11 is 0. The van der Waals surface area contributed by atoms with Crippen LogP contribution in [0.1, 0.15) is 41.5 Å². The molecule has 1 aliphatic rings. The van der Waals surface area contributed by atoms with Gasteiger partial charge in [0.05, 0.1) is 0 Å². The molecule has 26 heavy (non-hydrogen) atoms. The number of rotatable bonds is 5. The van der Waals surface area contributed by atoms with E-state index in [2.05, 4.69) is 78.3 Å². The van der Waals surface area contributed by atoms with Gasteiger partial charge in [-0.05, 0) is 38.3 Å². The van der Waals surface area contributed by atoms with E-state index in [-0.39, 0.29) is 18.0 Å². The predicted octanol–water partition coefficient (Wildman–Crippen LogP) is 3.48. The number of carbonyl (C=O) groups excluding carboxylic acids is 1. The van der Waals surface area contributed by atoms with Gasteiger partial charge in [-0.15, -0.1) is 0 Å². The van der Waals surface area contributed by atoms with Crippen LogP contribution < -0.4 is 16.0 Å². The first-order valence-corrected chi connectivity index (χ1v) is 9.47. The highest BCUT2D eigenvalue weighted by Gasteiger charge is 2.33. The second-order valence-corrected chi connectivity index (χ2v) is 7.25. The molecular formula is C22H29N3O. The van der Waals surface area contributed by atoms with Gasteiger partial charge in [0.25, 0.3) is 0 Å². The quantitative estimate of drug-likeness (QED) is 0.772. The molecular weight excluding hydrogens is 322 g/mol. The van der Waals surface area contributed by atoms with Crippen molar-refractivity contribution in [2.45, 2.75) is 45.2 Å². The molecule has 0 aliphatic carbocycles. The van der Waals surface area contributed by atoms with Gasteiger partial charge in [-0.3, -0.25) is 0 Å². The molecule has 0 saturated carbocycles. The molecule has 0 radical (unpaired) electrons. The summed E-state index contributed by atoms with van der Waals surface area (Å²) < 4.78 is 0. The lowest BCUT2D eigenvalue weighted by Gasteiger charge is -2.25. The van der Waals surface area contributed by atoms with Crippen molar-refractivity contribution in [2.24, 2.45) is 0 Å². The molecule has 2 aromatic rings. The summed E-state index contributed by atoms with van der Waals surface area (Å²) in [5.74, 6) is 0.275. The van der Waals surface area contributed by atoms with Gasteiger partial charge in [-0.2, -0.15) is 0 Å². The summed E-state index contributed by atoms with van der Waals surface area (Å²) in [5.41, 5.74) is 5.17. The van der Waals surface area contributed by atoms with Gasteiger partial charge in [0, 0.05) is 31.1 Å². The molecule has 1 aliphatic heterocycles. The predicted molar refractivity (Wildman–Crippen MR) is 107 cm³/mol.